The lowest BCUT2D eigenvalue weighted by Crippen LogP contribution is -2.51. The summed E-state index contributed by atoms with van der Waals surface area (Å²) in [5, 5.41) is 12.8. The molecule has 1 saturated heterocycles. The number of carbonyl (C=O) groups excluding carboxylic acids is 5. The summed E-state index contributed by atoms with van der Waals surface area (Å²) in [6.45, 7) is -0.551. The predicted molar refractivity (Wildman–Crippen MR) is 183 cm³/mol. The fraction of sp³-hybridized carbons (Fsp3) is 0.0789. The minimum atomic E-state index is -1.25. The summed E-state index contributed by atoms with van der Waals surface area (Å²) in [4.78, 5) is 68.0. The van der Waals surface area contributed by atoms with Gasteiger partial charge in [-0.3, -0.25) is 24.0 Å². The van der Waals surface area contributed by atoms with E-state index < -0.39 is 47.9 Å². The molecule has 1 fully saturated rings. The number of nitrogens with one attached hydrogen (secondary N) is 5. The van der Waals surface area contributed by atoms with Crippen LogP contribution in [0.1, 0.15) is 22.3 Å². The molecule has 1 atom stereocenters. The molecule has 0 spiro atoms. The summed E-state index contributed by atoms with van der Waals surface area (Å²) in [6, 6.07) is 30.3. The van der Waals surface area contributed by atoms with Gasteiger partial charge in [0.1, 0.15) is 29.0 Å². The summed E-state index contributed by atoms with van der Waals surface area (Å²) in [6.07, 6.45) is 4.21. The van der Waals surface area contributed by atoms with Gasteiger partial charge in [0.15, 0.2) is 0 Å². The van der Waals surface area contributed by atoms with Crippen molar-refractivity contribution < 1.29 is 28.4 Å². The molecule has 0 radical (unpaired) electrons. The Kier molecular flexibility index (Phi) is 11.2. The molecule has 5 rings (SSSR count). The molecule has 11 heteroatoms. The van der Waals surface area contributed by atoms with E-state index in [1.54, 1.807) is 91.0 Å². The van der Waals surface area contributed by atoms with E-state index in [1.165, 1.54) is 42.5 Å². The summed E-state index contributed by atoms with van der Waals surface area (Å²) in [5.74, 6) is -4.45. The van der Waals surface area contributed by atoms with E-state index >= 15 is 0 Å². The van der Waals surface area contributed by atoms with Gasteiger partial charge in [-0.2, -0.15) is 0 Å². The number of hydrogen-bond acceptors (Lipinski definition) is 5. The van der Waals surface area contributed by atoms with Gasteiger partial charge in [-0.1, -0.05) is 103 Å². The van der Waals surface area contributed by atoms with Crippen molar-refractivity contribution in [3.63, 3.8) is 0 Å². The zero-order valence-corrected chi connectivity index (χ0v) is 26.1. The standard InChI is InChI=1S/C38H32FN5O5/c39-29-18-16-28(17-19-29)23-30-35(46)40-24-34(45)41-31(20-25-10-4-1-5-11-25)36(47)43-33(22-27-14-8-3-9-15-27)38(49)44-32(37(48)42-30)21-26-12-6-2-7-13-26/h1-22,30H,23-24H2,(H,40,46)(H,41,45)(H,42,48)(H,43,47)(H,44,49)/b31-20-,32-21-,33-22-/t30-/m0/s1. The van der Waals surface area contributed by atoms with Crippen LogP contribution in [0.15, 0.2) is 132 Å². The third-order valence-electron chi connectivity index (χ3n) is 7.23. The van der Waals surface area contributed by atoms with E-state index in [4.69, 9.17) is 0 Å². The predicted octanol–water partition coefficient (Wildman–Crippen LogP) is 3.45. The maximum atomic E-state index is 13.9. The SMILES string of the molecule is O=C1CNC(=O)[C@H](Cc2ccc(F)cc2)NC(=O)/C(=C/c2ccccc2)NC(=O)/C(=C/c2ccccc2)NC(=O)/C(=C/c2ccccc2)N1. The van der Waals surface area contributed by atoms with Gasteiger partial charge in [-0.25, -0.2) is 4.39 Å². The molecule has 0 aliphatic carbocycles. The molecule has 10 nitrogen and oxygen atoms in total. The van der Waals surface area contributed by atoms with Crippen molar-refractivity contribution in [2.45, 2.75) is 12.5 Å². The first-order valence-electron chi connectivity index (χ1n) is 15.3. The van der Waals surface area contributed by atoms with Gasteiger partial charge < -0.3 is 26.6 Å². The van der Waals surface area contributed by atoms with E-state index in [9.17, 15) is 28.4 Å². The molecule has 246 valence electrons. The highest BCUT2D eigenvalue weighted by Gasteiger charge is 2.27. The van der Waals surface area contributed by atoms with Crippen molar-refractivity contribution in [3.05, 3.63) is 160 Å². The molecule has 1 aliphatic heterocycles. The molecular weight excluding hydrogens is 625 g/mol. The van der Waals surface area contributed by atoms with Gasteiger partial charge in [0, 0.05) is 6.42 Å². The number of hydrogen-bond donors (Lipinski definition) is 5. The normalized spacial score (nSPS) is 18.8. The van der Waals surface area contributed by atoms with Crippen molar-refractivity contribution >= 4 is 47.8 Å². The molecule has 1 heterocycles. The highest BCUT2D eigenvalue weighted by atomic mass is 19.1. The highest BCUT2D eigenvalue weighted by Crippen LogP contribution is 2.13. The van der Waals surface area contributed by atoms with Gasteiger partial charge in [0.2, 0.25) is 11.8 Å². The smallest absolute Gasteiger partial charge is 0.272 e. The lowest BCUT2D eigenvalue weighted by molar-refractivity contribution is -0.129. The zero-order chi connectivity index (χ0) is 34.6. The second-order valence-corrected chi connectivity index (χ2v) is 10.9. The van der Waals surface area contributed by atoms with Crippen LogP contribution in [0.4, 0.5) is 4.39 Å². The third-order valence-corrected chi connectivity index (χ3v) is 7.23. The molecule has 4 aromatic rings. The van der Waals surface area contributed by atoms with Crippen molar-refractivity contribution in [3.8, 4) is 0 Å². The minimum Gasteiger partial charge on any atom is -0.345 e. The van der Waals surface area contributed by atoms with E-state index in [2.05, 4.69) is 26.6 Å². The maximum Gasteiger partial charge on any atom is 0.272 e. The Morgan fingerprint density at radius 2 is 0.980 bits per heavy atom. The average Bonchev–Trinajstić information content (AvgIpc) is 3.11. The maximum absolute atomic E-state index is 13.9. The number of benzene rings is 4. The Labute approximate surface area is 281 Å². The fourth-order valence-electron chi connectivity index (χ4n) is 4.79. The largest absolute Gasteiger partial charge is 0.345 e. The van der Waals surface area contributed by atoms with Crippen molar-refractivity contribution in [2.24, 2.45) is 0 Å². The van der Waals surface area contributed by atoms with Crippen LogP contribution in [-0.4, -0.2) is 42.1 Å². The van der Waals surface area contributed by atoms with E-state index in [1.807, 2.05) is 0 Å². The second kappa shape index (κ2) is 16.3. The molecule has 5 amide bonds. The number of carbonyl (C=O) groups is 5. The Hall–Kier alpha value is -6.62. The molecule has 49 heavy (non-hydrogen) atoms. The van der Waals surface area contributed by atoms with Crippen LogP contribution in [0.5, 0.6) is 0 Å². The minimum absolute atomic E-state index is 0.0651. The van der Waals surface area contributed by atoms with E-state index in [0.29, 0.717) is 22.3 Å². The Morgan fingerprint density at radius 1 is 0.551 bits per heavy atom. The Morgan fingerprint density at radius 3 is 1.45 bits per heavy atom. The van der Waals surface area contributed by atoms with Gasteiger partial charge >= 0.3 is 0 Å². The van der Waals surface area contributed by atoms with Crippen LogP contribution in [0.25, 0.3) is 18.2 Å². The van der Waals surface area contributed by atoms with Crippen LogP contribution in [0, 0.1) is 5.82 Å². The lowest BCUT2D eigenvalue weighted by atomic mass is 10.0. The van der Waals surface area contributed by atoms with Gasteiger partial charge in [-0.05, 0) is 52.6 Å². The molecule has 5 N–H and O–H groups in total. The van der Waals surface area contributed by atoms with Gasteiger partial charge in [-0.15, -0.1) is 0 Å². The fourth-order valence-corrected chi connectivity index (χ4v) is 4.79. The summed E-state index contributed by atoms with van der Waals surface area (Å²) in [7, 11) is 0. The topological polar surface area (TPSA) is 146 Å². The monoisotopic (exact) mass is 657 g/mol. The van der Waals surface area contributed by atoms with Crippen molar-refractivity contribution in [2.75, 3.05) is 6.54 Å². The molecule has 0 bridgehead atoms. The lowest BCUT2D eigenvalue weighted by Gasteiger charge is -2.20. The number of rotatable bonds is 5. The van der Waals surface area contributed by atoms with Crippen LogP contribution in [0.2, 0.25) is 0 Å². The first kappa shape index (κ1) is 33.7. The van der Waals surface area contributed by atoms with Crippen LogP contribution in [0.3, 0.4) is 0 Å². The molecule has 0 aromatic heterocycles. The number of halogens is 1. The van der Waals surface area contributed by atoms with Gasteiger partial charge in [0.25, 0.3) is 17.7 Å². The average molecular weight is 658 g/mol. The summed E-state index contributed by atoms with van der Waals surface area (Å²) >= 11 is 0. The zero-order valence-electron chi connectivity index (χ0n) is 26.1. The van der Waals surface area contributed by atoms with Crippen LogP contribution < -0.4 is 26.6 Å². The van der Waals surface area contributed by atoms with Gasteiger partial charge in [0.05, 0.1) is 6.54 Å². The quantitative estimate of drug-likeness (QED) is 0.209. The van der Waals surface area contributed by atoms with E-state index in [0.717, 1.165) is 0 Å². The number of amides is 5. The summed E-state index contributed by atoms with van der Waals surface area (Å²) < 4.78 is 13.6. The molecule has 0 unspecified atom stereocenters. The van der Waals surface area contributed by atoms with Crippen molar-refractivity contribution in [1.82, 2.24) is 26.6 Å². The second-order valence-electron chi connectivity index (χ2n) is 10.9. The first-order valence-corrected chi connectivity index (χ1v) is 15.3. The summed E-state index contributed by atoms with van der Waals surface area (Å²) in [5.41, 5.74) is 1.56. The first-order chi connectivity index (χ1) is 23.7. The van der Waals surface area contributed by atoms with Crippen molar-refractivity contribution in [1.29, 1.82) is 0 Å². The van der Waals surface area contributed by atoms with Crippen LogP contribution >= 0.6 is 0 Å². The molecule has 1 aliphatic rings. The van der Waals surface area contributed by atoms with E-state index in [-0.39, 0.29) is 23.5 Å². The Bertz CT molecular complexity index is 1930. The molecule has 0 saturated carbocycles. The highest BCUT2D eigenvalue weighted by molar-refractivity contribution is 6.11. The molecular formula is C38H32FN5O5. The van der Waals surface area contributed by atoms with Crippen LogP contribution in [-0.2, 0) is 30.4 Å². The third kappa shape index (κ3) is 9.93. The molecule has 4 aromatic carbocycles. The Balaban J connectivity index is 1.58.